The van der Waals surface area contributed by atoms with E-state index in [1.807, 2.05) is 65.2 Å². The number of benzene rings is 3. The fraction of sp³-hybridized carbons (Fsp3) is 0.207. The number of hydrogen-bond acceptors (Lipinski definition) is 4. The largest absolute Gasteiger partial charge is 0.332 e. The van der Waals surface area contributed by atoms with Gasteiger partial charge in [0.15, 0.2) is 11.2 Å². The molecular weight excluding hydrogens is 486 g/mol. The molecule has 0 aliphatic rings. The Morgan fingerprint density at radius 2 is 1.30 bits per heavy atom. The summed E-state index contributed by atoms with van der Waals surface area (Å²) in [4.78, 5) is 33.1. The van der Waals surface area contributed by atoms with E-state index in [1.165, 1.54) is 22.7 Å². The Balaban J connectivity index is 1.62. The quantitative estimate of drug-likeness (QED) is 0.310. The van der Waals surface area contributed by atoms with E-state index in [0.717, 1.165) is 16.0 Å². The van der Waals surface area contributed by atoms with Crippen LogP contribution in [0.1, 0.15) is 22.5 Å². The van der Waals surface area contributed by atoms with Gasteiger partial charge in [0.05, 0.1) is 6.54 Å². The molecule has 5 rings (SSSR count). The van der Waals surface area contributed by atoms with E-state index >= 15 is 0 Å². The van der Waals surface area contributed by atoms with Crippen LogP contribution in [0, 0.1) is 0 Å². The van der Waals surface area contributed by atoms with E-state index in [-0.39, 0.29) is 5.56 Å². The molecule has 0 saturated carbocycles. The van der Waals surface area contributed by atoms with Gasteiger partial charge in [-0.05, 0) is 28.8 Å². The van der Waals surface area contributed by atoms with Gasteiger partial charge >= 0.3 is 5.69 Å². The van der Waals surface area contributed by atoms with Crippen LogP contribution in [0.4, 0.5) is 0 Å². The summed E-state index contributed by atoms with van der Waals surface area (Å²) in [5.41, 5.74) is 3.39. The molecule has 0 saturated heterocycles. The molecule has 0 N–H and O–H groups in total. The smallest absolute Gasteiger partial charge is 0.317 e. The minimum Gasteiger partial charge on any atom is -0.317 e. The van der Waals surface area contributed by atoms with Crippen LogP contribution >= 0.6 is 11.6 Å². The summed E-state index contributed by atoms with van der Waals surface area (Å²) in [5.74, 6) is 0.718. The van der Waals surface area contributed by atoms with E-state index in [0.29, 0.717) is 42.4 Å². The zero-order chi connectivity index (χ0) is 25.9. The average Bonchev–Trinajstić information content (AvgIpc) is 3.26. The molecule has 2 aromatic heterocycles. The van der Waals surface area contributed by atoms with Crippen molar-refractivity contribution < 1.29 is 0 Å². The number of hydrogen-bond donors (Lipinski definition) is 0. The lowest BCUT2D eigenvalue weighted by Gasteiger charge is -2.23. The van der Waals surface area contributed by atoms with Gasteiger partial charge in [0.25, 0.3) is 5.56 Å². The summed E-state index contributed by atoms with van der Waals surface area (Å²) >= 11 is 6.11. The highest BCUT2D eigenvalue weighted by Gasteiger charge is 2.21. The third kappa shape index (κ3) is 5.28. The first-order valence-electron chi connectivity index (χ1n) is 12.1. The fourth-order valence-corrected chi connectivity index (χ4v) is 4.73. The normalized spacial score (nSPS) is 11.5. The van der Waals surface area contributed by atoms with Gasteiger partial charge in [-0.1, -0.05) is 84.4 Å². The molecule has 0 aliphatic carbocycles. The zero-order valence-corrected chi connectivity index (χ0v) is 21.6. The molecule has 0 bridgehead atoms. The highest BCUT2D eigenvalue weighted by Crippen LogP contribution is 2.20. The highest BCUT2D eigenvalue weighted by molar-refractivity contribution is 6.30. The molecule has 8 heteroatoms. The van der Waals surface area contributed by atoms with Gasteiger partial charge in [0, 0.05) is 38.8 Å². The first kappa shape index (κ1) is 24.7. The number of nitrogens with zero attached hydrogens (tertiary/aromatic N) is 5. The third-order valence-corrected chi connectivity index (χ3v) is 6.80. The first-order chi connectivity index (χ1) is 17.9. The van der Waals surface area contributed by atoms with E-state index in [9.17, 15) is 9.59 Å². The van der Waals surface area contributed by atoms with Gasteiger partial charge in [-0.25, -0.2) is 9.78 Å². The Hall–Kier alpha value is -3.94. The van der Waals surface area contributed by atoms with Crippen LogP contribution in [0.5, 0.6) is 0 Å². The summed E-state index contributed by atoms with van der Waals surface area (Å²) in [5, 5.41) is 0.648. The number of aromatic nitrogens is 4. The Bertz CT molecular complexity index is 1600. The van der Waals surface area contributed by atoms with Crippen molar-refractivity contribution in [2.24, 2.45) is 14.1 Å². The molecule has 0 unspecified atom stereocenters. The second-order valence-corrected chi connectivity index (χ2v) is 9.67. The van der Waals surface area contributed by atoms with E-state index in [4.69, 9.17) is 16.6 Å². The summed E-state index contributed by atoms with van der Waals surface area (Å²) in [6, 6.07) is 28.1. The predicted molar refractivity (Wildman–Crippen MR) is 147 cm³/mol. The number of aryl methyl sites for hydroxylation is 1. The standard InChI is InChI=1S/C29H28ClN5O2/c1-32-27-26(28(36)33(2)29(32)37)35(19-23-13-15-24(30)16-14-23)25(31-27)20-34(17-21-9-5-3-6-10-21)18-22-11-7-4-8-12-22/h3-16H,17-20H2,1-2H3. The van der Waals surface area contributed by atoms with Crippen LogP contribution in [0.2, 0.25) is 5.02 Å². The van der Waals surface area contributed by atoms with E-state index in [1.54, 1.807) is 7.05 Å². The van der Waals surface area contributed by atoms with Gasteiger partial charge < -0.3 is 4.57 Å². The maximum atomic E-state index is 13.3. The van der Waals surface area contributed by atoms with Crippen LogP contribution < -0.4 is 11.2 Å². The van der Waals surface area contributed by atoms with Crippen molar-refractivity contribution in [3.8, 4) is 0 Å². The van der Waals surface area contributed by atoms with Crippen molar-refractivity contribution in [3.05, 3.63) is 133 Å². The lowest BCUT2D eigenvalue weighted by Crippen LogP contribution is -2.37. The monoisotopic (exact) mass is 513 g/mol. The Morgan fingerprint density at radius 3 is 1.86 bits per heavy atom. The lowest BCUT2D eigenvalue weighted by atomic mass is 10.1. The molecule has 2 heterocycles. The van der Waals surface area contributed by atoms with Gasteiger partial charge in [0.1, 0.15) is 5.82 Å². The Kier molecular flexibility index (Phi) is 7.08. The molecule has 3 aromatic carbocycles. The molecule has 0 radical (unpaired) electrons. The van der Waals surface area contributed by atoms with Gasteiger partial charge in [0.2, 0.25) is 0 Å². The molecule has 0 amide bonds. The lowest BCUT2D eigenvalue weighted by molar-refractivity contribution is 0.238. The van der Waals surface area contributed by atoms with Crippen molar-refractivity contribution in [2.45, 2.75) is 26.2 Å². The minimum atomic E-state index is -0.398. The molecule has 37 heavy (non-hydrogen) atoms. The molecule has 7 nitrogen and oxygen atoms in total. The van der Waals surface area contributed by atoms with E-state index < -0.39 is 5.69 Å². The molecule has 188 valence electrons. The minimum absolute atomic E-state index is 0.358. The second kappa shape index (κ2) is 10.6. The average molecular weight is 514 g/mol. The molecule has 0 fully saturated rings. The number of halogens is 1. The van der Waals surface area contributed by atoms with Crippen LogP contribution in [0.15, 0.2) is 94.5 Å². The van der Waals surface area contributed by atoms with Crippen LogP contribution in [-0.4, -0.2) is 23.6 Å². The van der Waals surface area contributed by atoms with Crippen molar-refractivity contribution >= 4 is 22.8 Å². The van der Waals surface area contributed by atoms with Crippen LogP contribution in [-0.2, 0) is 40.3 Å². The molecule has 0 atom stereocenters. The predicted octanol–water partition coefficient (Wildman–Crippen LogP) is 4.34. The van der Waals surface area contributed by atoms with Crippen molar-refractivity contribution in [1.29, 1.82) is 0 Å². The molecular formula is C29H28ClN5O2. The highest BCUT2D eigenvalue weighted by atomic mass is 35.5. The maximum absolute atomic E-state index is 13.3. The summed E-state index contributed by atoms with van der Waals surface area (Å²) in [6.07, 6.45) is 0. The molecule has 5 aromatic rings. The number of rotatable bonds is 8. The zero-order valence-electron chi connectivity index (χ0n) is 20.8. The Labute approximate surface area is 219 Å². The van der Waals surface area contributed by atoms with Gasteiger partial charge in [-0.15, -0.1) is 0 Å². The van der Waals surface area contributed by atoms with E-state index in [2.05, 4.69) is 29.2 Å². The first-order valence-corrected chi connectivity index (χ1v) is 12.5. The number of fused-ring (bicyclic) bond motifs is 1. The van der Waals surface area contributed by atoms with Crippen LogP contribution in [0.25, 0.3) is 11.2 Å². The summed E-state index contributed by atoms with van der Waals surface area (Å²) in [6.45, 7) is 2.33. The molecule has 0 spiro atoms. The third-order valence-electron chi connectivity index (χ3n) is 6.54. The topological polar surface area (TPSA) is 65.1 Å². The number of imidazole rings is 1. The van der Waals surface area contributed by atoms with Crippen molar-refractivity contribution in [3.63, 3.8) is 0 Å². The second-order valence-electron chi connectivity index (χ2n) is 9.23. The summed E-state index contributed by atoms with van der Waals surface area (Å²) < 4.78 is 4.51. The van der Waals surface area contributed by atoms with Gasteiger partial charge in [-0.2, -0.15) is 0 Å². The Morgan fingerprint density at radius 1 is 0.730 bits per heavy atom. The maximum Gasteiger partial charge on any atom is 0.332 e. The SMILES string of the molecule is Cn1c(=O)c2c(nc(CN(Cc3ccccc3)Cc3ccccc3)n2Cc2ccc(Cl)cc2)n(C)c1=O. The molecule has 0 aliphatic heterocycles. The van der Waals surface area contributed by atoms with Crippen molar-refractivity contribution in [2.75, 3.05) is 0 Å². The summed E-state index contributed by atoms with van der Waals surface area (Å²) in [7, 11) is 3.15. The van der Waals surface area contributed by atoms with Crippen molar-refractivity contribution in [1.82, 2.24) is 23.6 Å². The van der Waals surface area contributed by atoms with Crippen LogP contribution in [0.3, 0.4) is 0 Å². The van der Waals surface area contributed by atoms with Gasteiger partial charge in [-0.3, -0.25) is 18.8 Å². The fourth-order valence-electron chi connectivity index (χ4n) is 4.61.